The van der Waals surface area contributed by atoms with Gasteiger partial charge in [0.1, 0.15) is 0 Å². The number of carbonyl (C=O) groups excluding carboxylic acids is 1. The predicted molar refractivity (Wildman–Crippen MR) is 122 cm³/mol. The monoisotopic (exact) mass is 448 g/mol. The zero-order chi connectivity index (χ0) is 22.9. The van der Waals surface area contributed by atoms with Crippen LogP contribution in [0.25, 0.3) is 33.5 Å². The van der Waals surface area contributed by atoms with Gasteiger partial charge in [0.2, 0.25) is 5.91 Å². The largest absolute Gasteiger partial charge is 0.326 e. The van der Waals surface area contributed by atoms with Gasteiger partial charge in [0.15, 0.2) is 0 Å². The van der Waals surface area contributed by atoms with Gasteiger partial charge in [-0.1, -0.05) is 12.1 Å². The van der Waals surface area contributed by atoms with Gasteiger partial charge in [-0.05, 0) is 48.9 Å². The highest BCUT2D eigenvalue weighted by Crippen LogP contribution is 2.35. The Morgan fingerprint density at radius 1 is 1.00 bits per heavy atom. The molecule has 0 aliphatic carbocycles. The second kappa shape index (κ2) is 8.42. The molecule has 0 atom stereocenters. The number of hydrogen-bond donors (Lipinski definition) is 3. The highest BCUT2D eigenvalue weighted by molar-refractivity contribution is 7.89. The fourth-order valence-electron chi connectivity index (χ4n) is 3.44. The van der Waals surface area contributed by atoms with Crippen LogP contribution in [0.4, 0.5) is 5.69 Å². The van der Waals surface area contributed by atoms with Gasteiger partial charge < -0.3 is 5.32 Å². The molecular weight excluding hydrogens is 428 g/mol. The van der Waals surface area contributed by atoms with Gasteiger partial charge in [-0.2, -0.15) is 4.83 Å². The summed E-state index contributed by atoms with van der Waals surface area (Å²) in [7, 11) is -4.04. The SMILES string of the molecule is CC(=O)Nc1ccc(S(=O)(=O)NN)c(-c2nc(-c3ncccc3C)cc3cccnc23)c1. The van der Waals surface area contributed by atoms with Crippen molar-refractivity contribution in [3.8, 4) is 22.6 Å². The van der Waals surface area contributed by atoms with Crippen molar-refractivity contribution in [3.05, 3.63) is 66.5 Å². The first-order chi connectivity index (χ1) is 15.3. The molecule has 3 aromatic heterocycles. The van der Waals surface area contributed by atoms with Crippen molar-refractivity contribution in [2.45, 2.75) is 18.7 Å². The van der Waals surface area contributed by atoms with E-state index in [1.165, 1.54) is 25.1 Å². The van der Waals surface area contributed by atoms with E-state index in [0.29, 0.717) is 28.3 Å². The fraction of sp³-hybridized carbons (Fsp3) is 0.0909. The number of nitrogens with zero attached hydrogens (tertiary/aromatic N) is 3. The maximum atomic E-state index is 12.7. The zero-order valence-corrected chi connectivity index (χ0v) is 18.1. The Kier molecular flexibility index (Phi) is 5.66. The molecule has 4 aromatic rings. The quantitative estimate of drug-likeness (QED) is 0.315. The fourth-order valence-corrected chi connectivity index (χ4v) is 4.26. The van der Waals surface area contributed by atoms with Crippen LogP contribution < -0.4 is 16.0 Å². The van der Waals surface area contributed by atoms with Gasteiger partial charge >= 0.3 is 0 Å². The number of nitrogens with one attached hydrogen (secondary N) is 2. The predicted octanol–water partition coefficient (Wildman–Crippen LogP) is 2.78. The molecule has 32 heavy (non-hydrogen) atoms. The van der Waals surface area contributed by atoms with E-state index < -0.39 is 10.0 Å². The molecule has 0 aliphatic heterocycles. The number of amides is 1. The number of hydrogen-bond acceptors (Lipinski definition) is 7. The lowest BCUT2D eigenvalue weighted by atomic mass is 10.0. The zero-order valence-electron chi connectivity index (χ0n) is 17.3. The van der Waals surface area contributed by atoms with E-state index in [9.17, 15) is 13.2 Å². The second-order valence-corrected chi connectivity index (χ2v) is 8.80. The number of carbonyl (C=O) groups is 1. The molecule has 0 fully saturated rings. The molecule has 3 heterocycles. The first-order valence-corrected chi connectivity index (χ1v) is 11.1. The number of sulfonamides is 1. The molecule has 0 aliphatic rings. The Bertz CT molecular complexity index is 1450. The van der Waals surface area contributed by atoms with E-state index in [1.807, 2.05) is 36.0 Å². The van der Waals surface area contributed by atoms with Crippen LogP contribution in [0.5, 0.6) is 0 Å². The highest BCUT2D eigenvalue weighted by Gasteiger charge is 2.23. The lowest BCUT2D eigenvalue weighted by molar-refractivity contribution is -0.114. The first-order valence-electron chi connectivity index (χ1n) is 9.62. The van der Waals surface area contributed by atoms with E-state index in [4.69, 9.17) is 10.8 Å². The van der Waals surface area contributed by atoms with E-state index >= 15 is 0 Å². The Hall–Kier alpha value is -3.73. The van der Waals surface area contributed by atoms with Crippen molar-refractivity contribution >= 4 is 32.5 Å². The Morgan fingerprint density at radius 2 is 1.75 bits per heavy atom. The van der Waals surface area contributed by atoms with Crippen molar-refractivity contribution in [2.75, 3.05) is 5.32 Å². The molecule has 1 aromatic carbocycles. The summed E-state index contributed by atoms with van der Waals surface area (Å²) in [6.07, 6.45) is 3.27. The lowest BCUT2D eigenvalue weighted by Gasteiger charge is -2.15. The molecule has 162 valence electrons. The average molecular weight is 449 g/mol. The summed E-state index contributed by atoms with van der Waals surface area (Å²) < 4.78 is 25.4. The maximum Gasteiger partial charge on any atom is 0.253 e. The van der Waals surface area contributed by atoms with Gasteiger partial charge in [0, 0.05) is 36.0 Å². The third-order valence-electron chi connectivity index (χ3n) is 4.84. The van der Waals surface area contributed by atoms with Crippen molar-refractivity contribution in [3.63, 3.8) is 0 Å². The van der Waals surface area contributed by atoms with Crippen molar-refractivity contribution < 1.29 is 13.2 Å². The van der Waals surface area contributed by atoms with Gasteiger partial charge in [0.25, 0.3) is 10.0 Å². The van der Waals surface area contributed by atoms with Crippen molar-refractivity contribution in [2.24, 2.45) is 5.84 Å². The summed E-state index contributed by atoms with van der Waals surface area (Å²) in [5.41, 5.74) is 3.62. The number of aryl methyl sites for hydroxylation is 1. The minimum absolute atomic E-state index is 0.0940. The van der Waals surface area contributed by atoms with Crippen LogP contribution in [-0.4, -0.2) is 29.3 Å². The molecule has 10 heteroatoms. The van der Waals surface area contributed by atoms with Gasteiger partial charge in [-0.15, -0.1) is 0 Å². The highest BCUT2D eigenvalue weighted by atomic mass is 32.2. The molecule has 0 saturated heterocycles. The minimum atomic E-state index is -4.04. The van der Waals surface area contributed by atoms with Crippen LogP contribution in [-0.2, 0) is 14.8 Å². The molecule has 4 rings (SSSR count). The van der Waals surface area contributed by atoms with Crippen molar-refractivity contribution in [1.82, 2.24) is 19.8 Å². The number of benzene rings is 1. The van der Waals surface area contributed by atoms with Crippen LogP contribution >= 0.6 is 0 Å². The number of nitrogens with two attached hydrogens (primary N) is 1. The molecule has 0 saturated carbocycles. The van der Waals surface area contributed by atoms with Gasteiger partial charge in [-0.25, -0.2) is 13.4 Å². The Morgan fingerprint density at radius 3 is 2.47 bits per heavy atom. The third-order valence-corrected chi connectivity index (χ3v) is 6.08. The van der Waals surface area contributed by atoms with Crippen LogP contribution in [0.1, 0.15) is 12.5 Å². The minimum Gasteiger partial charge on any atom is -0.326 e. The summed E-state index contributed by atoms with van der Waals surface area (Å²) in [6, 6.07) is 13.6. The topological polar surface area (TPSA) is 140 Å². The maximum absolute atomic E-state index is 12.7. The normalized spacial score (nSPS) is 11.5. The molecular formula is C22H20N6O3S. The van der Waals surface area contributed by atoms with E-state index in [1.54, 1.807) is 18.5 Å². The number of anilines is 1. The smallest absolute Gasteiger partial charge is 0.253 e. The van der Waals surface area contributed by atoms with Crippen molar-refractivity contribution in [1.29, 1.82) is 0 Å². The second-order valence-electron chi connectivity index (χ2n) is 7.11. The molecule has 0 bridgehead atoms. The third kappa shape index (κ3) is 4.06. The number of aromatic nitrogens is 3. The number of fused-ring (bicyclic) bond motifs is 1. The summed E-state index contributed by atoms with van der Waals surface area (Å²) in [5.74, 6) is 5.01. The summed E-state index contributed by atoms with van der Waals surface area (Å²) in [4.78, 5) is 27.0. The number of rotatable bonds is 5. The van der Waals surface area contributed by atoms with Gasteiger partial charge in [0.05, 0.1) is 27.5 Å². The summed E-state index contributed by atoms with van der Waals surface area (Å²) >= 11 is 0. The molecule has 0 radical (unpaired) electrons. The summed E-state index contributed by atoms with van der Waals surface area (Å²) in [6.45, 7) is 3.29. The molecule has 4 N–H and O–H groups in total. The van der Waals surface area contributed by atoms with Gasteiger partial charge in [-0.3, -0.25) is 20.6 Å². The number of pyridine rings is 3. The van der Waals surface area contributed by atoms with Crippen LogP contribution in [0.15, 0.2) is 65.8 Å². The van der Waals surface area contributed by atoms with E-state index in [2.05, 4.69) is 15.3 Å². The van der Waals surface area contributed by atoms with E-state index in [0.717, 1.165) is 10.9 Å². The Labute approximate surface area is 184 Å². The van der Waals surface area contributed by atoms with Crippen LogP contribution in [0.2, 0.25) is 0 Å². The molecule has 0 spiro atoms. The Balaban J connectivity index is 2.08. The standard InChI is InChI=1S/C22H20N6O3S/c1-13-5-3-9-24-20(13)18-11-15-6-4-10-25-21(15)22(27-18)17-12-16(26-14(2)29)7-8-19(17)32(30,31)28-23/h3-12,28H,23H2,1-2H3,(H,26,29). The molecule has 0 unspecified atom stereocenters. The van der Waals surface area contributed by atoms with E-state index in [-0.39, 0.29) is 16.4 Å². The van der Waals surface area contributed by atoms with Crippen LogP contribution in [0, 0.1) is 6.92 Å². The number of hydrazine groups is 1. The summed E-state index contributed by atoms with van der Waals surface area (Å²) in [5, 5.41) is 3.43. The lowest BCUT2D eigenvalue weighted by Crippen LogP contribution is -2.30. The molecule has 9 nitrogen and oxygen atoms in total. The molecule has 1 amide bonds. The average Bonchev–Trinajstić information content (AvgIpc) is 2.78. The first kappa shape index (κ1) is 21.5. The van der Waals surface area contributed by atoms with Crippen LogP contribution in [0.3, 0.4) is 0 Å².